The molecule has 41 heavy (non-hydrogen) atoms. The fourth-order valence-corrected chi connectivity index (χ4v) is 6.78. The maximum atomic E-state index is 7.47. The van der Waals surface area contributed by atoms with Crippen LogP contribution in [0.25, 0.3) is 80.5 Å². The smallest absolute Gasteiger partial charge is 0.187 e. The maximum absolute atomic E-state index is 7.47. The number of pyridine rings is 2. The normalized spacial score (nSPS) is 11.4. The van der Waals surface area contributed by atoms with Gasteiger partial charge in [0.25, 0.3) is 0 Å². The molecule has 0 N–H and O–H groups in total. The standard InChI is InChI=1S/C37H21N3S/c1-38-28-10-5-9-26(21-28)29-11-6-12-34-35(29)30-22-27(17-20-33(30)41-34)32-19-16-25-14-13-24-15-18-31(23-7-3-2-4-8-23)39-36(24)37(25)40-32/h2-22H. The van der Waals surface area contributed by atoms with Crippen molar-refractivity contribution in [3.63, 3.8) is 0 Å². The van der Waals surface area contributed by atoms with Gasteiger partial charge in [0.1, 0.15) is 0 Å². The lowest BCUT2D eigenvalue weighted by Crippen LogP contribution is -1.91. The number of nitrogens with zero attached hydrogens (tertiary/aromatic N) is 3. The number of fused-ring (bicyclic) bond motifs is 6. The zero-order valence-corrected chi connectivity index (χ0v) is 22.7. The molecule has 8 aromatic rings. The SMILES string of the molecule is [C-]#[N+]c1cccc(-c2cccc3sc4ccc(-c5ccc6ccc7ccc(-c8ccccc8)nc7c6n5)cc4c23)c1. The second-order valence-corrected chi connectivity index (χ2v) is 11.2. The number of hydrogen-bond acceptors (Lipinski definition) is 3. The van der Waals surface area contributed by atoms with Crippen LogP contribution in [0.1, 0.15) is 0 Å². The molecule has 0 saturated heterocycles. The lowest BCUT2D eigenvalue weighted by molar-refractivity contribution is 1.37. The molecule has 5 aromatic carbocycles. The van der Waals surface area contributed by atoms with E-state index in [2.05, 4.69) is 95.8 Å². The second-order valence-electron chi connectivity index (χ2n) is 10.1. The lowest BCUT2D eigenvalue weighted by Gasteiger charge is -2.09. The van der Waals surface area contributed by atoms with E-state index in [-0.39, 0.29) is 0 Å². The fourth-order valence-electron chi connectivity index (χ4n) is 5.67. The van der Waals surface area contributed by atoms with Crippen molar-refractivity contribution in [1.29, 1.82) is 0 Å². The molecule has 3 heterocycles. The average molecular weight is 540 g/mol. The van der Waals surface area contributed by atoms with Crippen molar-refractivity contribution in [3.8, 4) is 33.6 Å². The molecule has 8 rings (SSSR count). The Morgan fingerprint density at radius 3 is 1.98 bits per heavy atom. The zero-order valence-electron chi connectivity index (χ0n) is 21.9. The molecule has 0 atom stereocenters. The molecule has 3 nitrogen and oxygen atoms in total. The van der Waals surface area contributed by atoms with Crippen molar-refractivity contribution >= 4 is 59.0 Å². The van der Waals surface area contributed by atoms with E-state index in [4.69, 9.17) is 16.5 Å². The molecule has 0 aliphatic carbocycles. The predicted molar refractivity (Wildman–Crippen MR) is 173 cm³/mol. The fraction of sp³-hybridized carbons (Fsp3) is 0. The van der Waals surface area contributed by atoms with Gasteiger partial charge in [-0.25, -0.2) is 14.8 Å². The van der Waals surface area contributed by atoms with Gasteiger partial charge in [-0.15, -0.1) is 11.3 Å². The van der Waals surface area contributed by atoms with Crippen LogP contribution in [0.15, 0.2) is 127 Å². The number of hydrogen-bond donors (Lipinski definition) is 0. The highest BCUT2D eigenvalue weighted by molar-refractivity contribution is 7.26. The summed E-state index contributed by atoms with van der Waals surface area (Å²) in [4.78, 5) is 13.9. The van der Waals surface area contributed by atoms with E-state index in [1.54, 1.807) is 11.3 Å². The third-order valence-corrected chi connectivity index (χ3v) is 8.80. The minimum Gasteiger partial charge on any atom is -0.245 e. The Hall–Kier alpha value is -5.37. The van der Waals surface area contributed by atoms with E-state index in [1.807, 2.05) is 36.4 Å². The molecule has 0 fully saturated rings. The van der Waals surface area contributed by atoms with E-state index >= 15 is 0 Å². The van der Waals surface area contributed by atoms with Crippen LogP contribution in [-0.4, -0.2) is 9.97 Å². The third kappa shape index (κ3) is 3.95. The van der Waals surface area contributed by atoms with Crippen LogP contribution in [0.5, 0.6) is 0 Å². The minimum absolute atomic E-state index is 0.649. The lowest BCUT2D eigenvalue weighted by atomic mass is 9.98. The first-order valence-corrected chi connectivity index (χ1v) is 14.3. The van der Waals surface area contributed by atoms with Gasteiger partial charge in [0.2, 0.25) is 0 Å². The van der Waals surface area contributed by atoms with Crippen molar-refractivity contribution in [2.24, 2.45) is 0 Å². The van der Waals surface area contributed by atoms with Crippen molar-refractivity contribution in [2.75, 3.05) is 0 Å². The third-order valence-electron chi connectivity index (χ3n) is 7.67. The first-order chi connectivity index (χ1) is 20.2. The first-order valence-electron chi connectivity index (χ1n) is 13.4. The van der Waals surface area contributed by atoms with Crippen LogP contribution in [0.4, 0.5) is 5.69 Å². The summed E-state index contributed by atoms with van der Waals surface area (Å²) < 4.78 is 2.47. The van der Waals surface area contributed by atoms with Gasteiger partial charge in [-0.05, 0) is 47.5 Å². The number of benzene rings is 5. The molecule has 0 spiro atoms. The Kier molecular flexibility index (Phi) is 5.38. The van der Waals surface area contributed by atoms with Crippen LogP contribution >= 0.6 is 11.3 Å². The summed E-state index contributed by atoms with van der Waals surface area (Å²) in [5.41, 5.74) is 8.70. The molecule has 0 bridgehead atoms. The Bertz CT molecular complexity index is 2330. The molecular formula is C37H21N3S. The summed E-state index contributed by atoms with van der Waals surface area (Å²) in [5, 5.41) is 4.57. The van der Waals surface area contributed by atoms with Gasteiger partial charge < -0.3 is 0 Å². The van der Waals surface area contributed by atoms with E-state index < -0.39 is 0 Å². The molecule has 0 aliphatic heterocycles. The topological polar surface area (TPSA) is 30.1 Å². The Morgan fingerprint density at radius 2 is 1.22 bits per heavy atom. The number of aromatic nitrogens is 2. The van der Waals surface area contributed by atoms with Crippen molar-refractivity contribution in [3.05, 3.63) is 139 Å². The largest absolute Gasteiger partial charge is 0.245 e. The highest BCUT2D eigenvalue weighted by Gasteiger charge is 2.14. The first kappa shape index (κ1) is 23.5. The van der Waals surface area contributed by atoms with E-state index in [0.717, 1.165) is 55.4 Å². The van der Waals surface area contributed by atoms with Crippen LogP contribution in [0, 0.1) is 6.57 Å². The Labute approximate surface area is 240 Å². The highest BCUT2D eigenvalue weighted by Crippen LogP contribution is 2.42. The Morgan fingerprint density at radius 1 is 0.537 bits per heavy atom. The monoisotopic (exact) mass is 539 g/mol. The van der Waals surface area contributed by atoms with Gasteiger partial charge >= 0.3 is 0 Å². The Balaban J connectivity index is 1.32. The van der Waals surface area contributed by atoms with Crippen LogP contribution in [0.2, 0.25) is 0 Å². The number of rotatable bonds is 3. The van der Waals surface area contributed by atoms with Gasteiger partial charge in [-0.1, -0.05) is 91.0 Å². The summed E-state index contributed by atoms with van der Waals surface area (Å²) in [7, 11) is 0. The summed E-state index contributed by atoms with van der Waals surface area (Å²) in [6.45, 7) is 7.47. The van der Waals surface area contributed by atoms with Gasteiger partial charge in [0.15, 0.2) is 5.69 Å². The number of thiophene rings is 1. The van der Waals surface area contributed by atoms with Crippen molar-refractivity contribution in [1.82, 2.24) is 9.97 Å². The molecule has 0 radical (unpaired) electrons. The average Bonchev–Trinajstić information content (AvgIpc) is 3.43. The van der Waals surface area contributed by atoms with E-state index in [1.165, 1.54) is 20.2 Å². The molecule has 0 unspecified atom stereocenters. The summed E-state index contributed by atoms with van der Waals surface area (Å²) in [6, 6.07) is 43.9. The summed E-state index contributed by atoms with van der Waals surface area (Å²) in [6.07, 6.45) is 0. The van der Waals surface area contributed by atoms with Gasteiger partial charge in [0, 0.05) is 42.1 Å². The van der Waals surface area contributed by atoms with Crippen molar-refractivity contribution < 1.29 is 0 Å². The highest BCUT2D eigenvalue weighted by atomic mass is 32.1. The molecule has 0 amide bonds. The molecular weight excluding hydrogens is 518 g/mol. The minimum atomic E-state index is 0.649. The molecule has 0 saturated carbocycles. The van der Waals surface area contributed by atoms with Gasteiger partial charge in [-0.2, -0.15) is 0 Å². The van der Waals surface area contributed by atoms with Gasteiger partial charge in [0.05, 0.1) is 29.0 Å². The zero-order chi connectivity index (χ0) is 27.3. The molecule has 3 aromatic heterocycles. The molecule has 4 heteroatoms. The van der Waals surface area contributed by atoms with Crippen LogP contribution < -0.4 is 0 Å². The van der Waals surface area contributed by atoms with Gasteiger partial charge in [-0.3, -0.25) is 0 Å². The van der Waals surface area contributed by atoms with Crippen LogP contribution in [0.3, 0.4) is 0 Å². The maximum Gasteiger partial charge on any atom is 0.187 e. The predicted octanol–water partition coefficient (Wildman–Crippen LogP) is 10.7. The summed E-state index contributed by atoms with van der Waals surface area (Å²) in [5.74, 6) is 0. The quantitative estimate of drug-likeness (QED) is 0.165. The molecule has 0 aliphatic rings. The van der Waals surface area contributed by atoms with E-state index in [9.17, 15) is 0 Å². The molecule has 190 valence electrons. The van der Waals surface area contributed by atoms with Crippen molar-refractivity contribution in [2.45, 2.75) is 0 Å². The summed E-state index contributed by atoms with van der Waals surface area (Å²) >= 11 is 1.80. The van der Waals surface area contributed by atoms with E-state index in [0.29, 0.717) is 5.69 Å². The second kappa shape index (κ2) is 9.38. The van der Waals surface area contributed by atoms with Crippen LogP contribution in [-0.2, 0) is 0 Å².